The van der Waals surface area contributed by atoms with E-state index in [2.05, 4.69) is 15.6 Å². The van der Waals surface area contributed by atoms with E-state index in [-0.39, 0.29) is 32.5 Å². The Hall–Kier alpha value is -4.35. The van der Waals surface area contributed by atoms with Crippen LogP contribution in [0.4, 0.5) is 11.4 Å². The van der Waals surface area contributed by atoms with Crippen molar-refractivity contribution >= 4 is 57.3 Å². The summed E-state index contributed by atoms with van der Waals surface area (Å²) in [5.74, 6) is -0.601. The molecule has 202 valence electrons. The highest BCUT2D eigenvalue weighted by atomic mass is 35.5. The Balaban J connectivity index is 1.67. The second-order valence-electron chi connectivity index (χ2n) is 8.38. The Bertz CT molecular complexity index is 1700. The molecule has 4 aromatic rings. The quantitative estimate of drug-likeness (QED) is 0.309. The summed E-state index contributed by atoms with van der Waals surface area (Å²) in [5, 5.41) is 5.84. The van der Waals surface area contributed by atoms with E-state index in [1.807, 2.05) is 0 Å². The molecule has 0 unspecified atom stereocenters. The number of hydrogen-bond donors (Lipinski definition) is 2. The fourth-order valence-electron chi connectivity index (χ4n) is 4.00. The lowest BCUT2D eigenvalue weighted by molar-refractivity contribution is -0.117. The maximum absolute atomic E-state index is 13.4. The maximum atomic E-state index is 13.4. The molecule has 0 fully saturated rings. The van der Waals surface area contributed by atoms with E-state index in [0.29, 0.717) is 17.1 Å². The molecule has 0 aliphatic rings. The van der Waals surface area contributed by atoms with Crippen LogP contribution in [0.15, 0.2) is 58.1 Å². The highest BCUT2D eigenvalue weighted by Gasteiger charge is 2.19. The van der Waals surface area contributed by atoms with Crippen molar-refractivity contribution in [2.24, 2.45) is 0 Å². The smallest absolute Gasteiger partial charge is 0.332 e. The molecule has 2 amide bonds. The number of carbonyl (C=O) groups excluding carboxylic acids is 2. The van der Waals surface area contributed by atoms with E-state index >= 15 is 0 Å². The summed E-state index contributed by atoms with van der Waals surface area (Å²) in [4.78, 5) is 56.4. The minimum absolute atomic E-state index is 0.158. The average Bonchev–Trinajstić information content (AvgIpc) is 2.88. The summed E-state index contributed by atoms with van der Waals surface area (Å²) in [6.07, 6.45) is 0. The Morgan fingerprint density at radius 1 is 0.897 bits per heavy atom. The highest BCUT2D eigenvalue weighted by Crippen LogP contribution is 2.35. The van der Waals surface area contributed by atoms with Gasteiger partial charge in [-0.05, 0) is 37.3 Å². The van der Waals surface area contributed by atoms with Gasteiger partial charge in [-0.25, -0.2) is 9.78 Å². The van der Waals surface area contributed by atoms with E-state index < -0.39 is 36.2 Å². The molecule has 0 aliphatic carbocycles. The highest BCUT2D eigenvalue weighted by molar-refractivity contribution is 6.32. The van der Waals surface area contributed by atoms with Gasteiger partial charge in [0.05, 0.1) is 35.8 Å². The molecule has 2 aromatic carbocycles. The van der Waals surface area contributed by atoms with Crippen LogP contribution >= 0.6 is 23.2 Å². The third kappa shape index (κ3) is 6.05. The number of halogens is 2. The Morgan fingerprint density at radius 3 is 2.26 bits per heavy atom. The molecule has 2 N–H and O–H groups in total. The van der Waals surface area contributed by atoms with Crippen LogP contribution in [0.1, 0.15) is 5.69 Å². The second-order valence-corrected chi connectivity index (χ2v) is 9.17. The average molecular weight is 572 g/mol. The number of fused-ring (bicyclic) bond motifs is 1. The molecule has 0 radical (unpaired) electrons. The number of pyridine rings is 1. The van der Waals surface area contributed by atoms with Crippen molar-refractivity contribution in [3.8, 4) is 11.5 Å². The number of hydrogen-bond acceptors (Lipinski definition) is 7. The van der Waals surface area contributed by atoms with Gasteiger partial charge >= 0.3 is 5.69 Å². The van der Waals surface area contributed by atoms with Gasteiger partial charge in [0.1, 0.15) is 29.7 Å². The first-order valence-electron chi connectivity index (χ1n) is 11.5. The zero-order valence-corrected chi connectivity index (χ0v) is 22.6. The van der Waals surface area contributed by atoms with Crippen LogP contribution in [0.5, 0.6) is 11.5 Å². The normalized spacial score (nSPS) is 10.8. The SMILES string of the molecule is COc1cc(OC)c(NC(=O)Cn2c(=O)n(CC(=O)Nc3cc(C)nc(Cl)c3)c(=O)c3ccccc32)cc1Cl. The number of carbonyl (C=O) groups is 2. The van der Waals surface area contributed by atoms with E-state index in [1.165, 1.54) is 38.5 Å². The van der Waals surface area contributed by atoms with Gasteiger partial charge in [-0.15, -0.1) is 0 Å². The number of amides is 2. The molecule has 11 nitrogen and oxygen atoms in total. The molecule has 4 rings (SSSR count). The van der Waals surface area contributed by atoms with Crippen molar-refractivity contribution in [1.29, 1.82) is 0 Å². The summed E-state index contributed by atoms with van der Waals surface area (Å²) >= 11 is 12.1. The van der Waals surface area contributed by atoms with E-state index in [9.17, 15) is 19.2 Å². The summed E-state index contributed by atoms with van der Waals surface area (Å²) in [6, 6.07) is 12.3. The number of nitrogens with zero attached hydrogens (tertiary/aromatic N) is 3. The third-order valence-electron chi connectivity index (χ3n) is 5.69. The summed E-state index contributed by atoms with van der Waals surface area (Å²) in [6.45, 7) is 0.646. The lowest BCUT2D eigenvalue weighted by atomic mass is 10.2. The van der Waals surface area contributed by atoms with Gasteiger partial charge in [0.25, 0.3) is 5.56 Å². The van der Waals surface area contributed by atoms with Crippen molar-refractivity contribution in [2.45, 2.75) is 20.0 Å². The third-order valence-corrected chi connectivity index (χ3v) is 6.18. The predicted molar refractivity (Wildman–Crippen MR) is 148 cm³/mol. The summed E-state index contributed by atoms with van der Waals surface area (Å²) < 4.78 is 12.4. The van der Waals surface area contributed by atoms with E-state index in [4.69, 9.17) is 32.7 Å². The summed E-state index contributed by atoms with van der Waals surface area (Å²) in [5.41, 5.74) is -0.0928. The molecule has 39 heavy (non-hydrogen) atoms. The van der Waals surface area contributed by atoms with Crippen molar-refractivity contribution < 1.29 is 19.1 Å². The van der Waals surface area contributed by atoms with Crippen LogP contribution in [0, 0.1) is 6.92 Å². The number of nitrogens with one attached hydrogen (secondary N) is 2. The van der Waals surface area contributed by atoms with Gasteiger partial charge < -0.3 is 20.1 Å². The number of methoxy groups -OCH3 is 2. The zero-order chi connectivity index (χ0) is 28.3. The first-order valence-corrected chi connectivity index (χ1v) is 12.2. The number of aryl methyl sites for hydroxylation is 1. The topological polar surface area (TPSA) is 134 Å². The molecule has 0 saturated heterocycles. The first kappa shape index (κ1) is 27.7. The van der Waals surface area contributed by atoms with E-state index in [0.717, 1.165) is 9.13 Å². The maximum Gasteiger partial charge on any atom is 0.332 e. The van der Waals surface area contributed by atoms with Crippen LogP contribution in [-0.4, -0.2) is 40.2 Å². The zero-order valence-electron chi connectivity index (χ0n) is 21.1. The van der Waals surface area contributed by atoms with E-state index in [1.54, 1.807) is 31.2 Å². The molecule has 0 bridgehead atoms. The minimum Gasteiger partial charge on any atom is -0.495 e. The largest absolute Gasteiger partial charge is 0.495 e. The molecule has 0 atom stereocenters. The molecule has 2 heterocycles. The fraction of sp³-hybridized carbons (Fsp3) is 0.192. The van der Waals surface area contributed by atoms with Crippen molar-refractivity contribution in [3.05, 3.63) is 85.2 Å². The lowest BCUT2D eigenvalue weighted by Gasteiger charge is -2.16. The molecular formula is C26H23Cl2N5O6. The molecule has 0 spiro atoms. The molecule has 0 aliphatic heterocycles. The summed E-state index contributed by atoms with van der Waals surface area (Å²) in [7, 11) is 2.86. The predicted octanol–water partition coefficient (Wildman–Crippen LogP) is 3.47. The van der Waals surface area contributed by atoms with Gasteiger partial charge in [-0.1, -0.05) is 35.3 Å². The second kappa shape index (κ2) is 11.6. The number of anilines is 2. The van der Waals surface area contributed by atoms with Crippen molar-refractivity contribution in [3.63, 3.8) is 0 Å². The van der Waals surface area contributed by atoms with Crippen LogP contribution < -0.4 is 31.4 Å². The Morgan fingerprint density at radius 2 is 1.56 bits per heavy atom. The number of aromatic nitrogens is 3. The van der Waals surface area contributed by atoms with Crippen molar-refractivity contribution in [1.82, 2.24) is 14.1 Å². The Labute approximate surface area is 231 Å². The van der Waals surface area contributed by atoms with Crippen LogP contribution in [0.25, 0.3) is 10.9 Å². The molecule has 0 saturated carbocycles. The number of rotatable bonds is 8. The Kier molecular flexibility index (Phi) is 8.22. The minimum atomic E-state index is -0.840. The first-order chi connectivity index (χ1) is 18.6. The van der Waals surface area contributed by atoms with Gasteiger partial charge in [-0.3, -0.25) is 23.5 Å². The van der Waals surface area contributed by atoms with Crippen LogP contribution in [0.3, 0.4) is 0 Å². The van der Waals surface area contributed by atoms with Gasteiger partial charge in [-0.2, -0.15) is 0 Å². The fourth-order valence-corrected chi connectivity index (χ4v) is 4.49. The van der Waals surface area contributed by atoms with Crippen molar-refractivity contribution in [2.75, 3.05) is 24.9 Å². The van der Waals surface area contributed by atoms with Gasteiger partial charge in [0.15, 0.2) is 0 Å². The monoisotopic (exact) mass is 571 g/mol. The molecule has 13 heteroatoms. The molecular weight excluding hydrogens is 549 g/mol. The standard InChI is InChI=1S/C26H23Cl2N5O6/c1-14-8-15(9-22(28)29-14)30-23(34)13-33-25(36)16-6-4-5-7-19(16)32(26(33)37)12-24(35)31-18-10-17(27)20(38-2)11-21(18)39-3/h4-11H,12-13H2,1-3H3,(H,31,35)(H,29,30,34). The van der Waals surface area contributed by atoms with Gasteiger partial charge in [0.2, 0.25) is 11.8 Å². The van der Waals surface area contributed by atoms with Crippen LogP contribution in [0.2, 0.25) is 10.2 Å². The molecule has 2 aromatic heterocycles. The van der Waals surface area contributed by atoms with Crippen LogP contribution in [-0.2, 0) is 22.7 Å². The number of para-hydroxylation sites is 1. The lowest BCUT2D eigenvalue weighted by Crippen LogP contribution is -2.44. The van der Waals surface area contributed by atoms with Gasteiger partial charge in [0, 0.05) is 17.4 Å². The number of benzene rings is 2. The number of ether oxygens (including phenoxy) is 2.